The van der Waals surface area contributed by atoms with E-state index in [1.54, 1.807) is 6.08 Å². The number of carbonyl (C=O) groups is 1. The summed E-state index contributed by atoms with van der Waals surface area (Å²) in [6.07, 6.45) is 2.25. The lowest BCUT2D eigenvalue weighted by Crippen LogP contribution is -2.24. The number of rotatable bonds is 4. The van der Waals surface area contributed by atoms with Gasteiger partial charge in [-0.05, 0) is 6.42 Å². The fourth-order valence-electron chi connectivity index (χ4n) is 0.657. The number of nitrogens with two attached hydrogens (primary N) is 1. The number of hydrogen-bond donors (Lipinski definition) is 1. The fraction of sp³-hybridized carbons (Fsp3) is 0.571. The van der Waals surface area contributed by atoms with Gasteiger partial charge in [0.05, 0.1) is 13.0 Å². The van der Waals surface area contributed by atoms with Crippen molar-refractivity contribution in [3.63, 3.8) is 0 Å². The van der Waals surface area contributed by atoms with E-state index in [4.69, 9.17) is 5.73 Å². The summed E-state index contributed by atoms with van der Waals surface area (Å²) in [5.74, 6) is -0.482. The van der Waals surface area contributed by atoms with Gasteiger partial charge in [0.15, 0.2) is 0 Å². The number of esters is 1. The Hall–Kier alpha value is -0.830. The van der Waals surface area contributed by atoms with Crippen LogP contribution in [-0.4, -0.2) is 19.6 Å². The smallest absolute Gasteiger partial charge is 0.310 e. The predicted molar refractivity (Wildman–Crippen MR) is 39.4 cm³/mol. The van der Waals surface area contributed by atoms with Gasteiger partial charge in [0.2, 0.25) is 0 Å². The lowest BCUT2D eigenvalue weighted by Gasteiger charge is -2.07. The maximum absolute atomic E-state index is 10.8. The highest BCUT2D eigenvalue weighted by Gasteiger charge is 2.14. The summed E-state index contributed by atoms with van der Waals surface area (Å²) < 4.78 is 4.49. The van der Waals surface area contributed by atoms with Crippen molar-refractivity contribution in [1.82, 2.24) is 0 Å². The Balaban J connectivity index is 3.79. The van der Waals surface area contributed by atoms with E-state index in [9.17, 15) is 4.79 Å². The first kappa shape index (κ1) is 9.17. The van der Waals surface area contributed by atoms with E-state index < -0.39 is 0 Å². The number of ether oxygens (including phenoxy) is 1. The molecule has 0 amide bonds. The van der Waals surface area contributed by atoms with E-state index in [0.717, 1.165) is 0 Å². The maximum atomic E-state index is 10.8. The molecule has 1 atom stereocenters. The Morgan fingerprint density at radius 2 is 2.50 bits per heavy atom. The third kappa shape index (κ3) is 2.64. The molecule has 0 aromatic carbocycles. The number of methoxy groups -OCH3 is 1. The monoisotopic (exact) mass is 143 g/mol. The number of hydrogen-bond acceptors (Lipinski definition) is 3. The summed E-state index contributed by atoms with van der Waals surface area (Å²) in [5, 5.41) is 0. The van der Waals surface area contributed by atoms with Crippen LogP contribution in [0.25, 0.3) is 0 Å². The van der Waals surface area contributed by atoms with Crippen molar-refractivity contribution in [2.75, 3.05) is 13.7 Å². The first-order valence-electron chi connectivity index (χ1n) is 3.15. The van der Waals surface area contributed by atoms with Crippen LogP contribution in [0.3, 0.4) is 0 Å². The van der Waals surface area contributed by atoms with Crippen LogP contribution in [-0.2, 0) is 9.53 Å². The Morgan fingerprint density at radius 3 is 2.80 bits per heavy atom. The van der Waals surface area contributed by atoms with Gasteiger partial charge < -0.3 is 10.5 Å². The second-order valence-corrected chi connectivity index (χ2v) is 1.98. The zero-order chi connectivity index (χ0) is 7.98. The van der Waals surface area contributed by atoms with E-state index in [1.807, 2.05) is 0 Å². The molecule has 0 aliphatic carbocycles. The highest BCUT2D eigenvalue weighted by molar-refractivity contribution is 5.72. The van der Waals surface area contributed by atoms with Crippen LogP contribution in [0, 0.1) is 5.92 Å². The largest absolute Gasteiger partial charge is 0.469 e. The summed E-state index contributed by atoms with van der Waals surface area (Å²) in [5.41, 5.74) is 5.29. The van der Waals surface area contributed by atoms with Crippen LogP contribution >= 0.6 is 0 Å². The number of carbonyl (C=O) groups excluding carboxylic acids is 1. The molecule has 1 unspecified atom stereocenters. The van der Waals surface area contributed by atoms with E-state index in [0.29, 0.717) is 13.0 Å². The molecule has 0 aromatic heterocycles. The van der Waals surface area contributed by atoms with Crippen molar-refractivity contribution in [1.29, 1.82) is 0 Å². The standard InChI is InChI=1S/C7H13NO2/c1-3-4-6(5-8)7(9)10-2/h3,6H,1,4-5,8H2,2H3. The van der Waals surface area contributed by atoms with Crippen molar-refractivity contribution >= 4 is 5.97 Å². The summed E-state index contributed by atoms with van der Waals surface area (Å²) in [7, 11) is 1.36. The molecule has 0 saturated carbocycles. The predicted octanol–water partition coefficient (Wildman–Crippen LogP) is 0.310. The molecule has 0 saturated heterocycles. The van der Waals surface area contributed by atoms with E-state index >= 15 is 0 Å². The Bertz CT molecular complexity index is 123. The summed E-state index contributed by atoms with van der Waals surface area (Å²) in [6, 6.07) is 0. The molecular weight excluding hydrogens is 130 g/mol. The molecule has 0 spiro atoms. The molecule has 0 rings (SSSR count). The van der Waals surface area contributed by atoms with E-state index in [1.165, 1.54) is 7.11 Å². The van der Waals surface area contributed by atoms with Crippen molar-refractivity contribution in [2.45, 2.75) is 6.42 Å². The van der Waals surface area contributed by atoms with E-state index in [2.05, 4.69) is 11.3 Å². The topological polar surface area (TPSA) is 52.3 Å². The third-order valence-electron chi connectivity index (χ3n) is 1.27. The zero-order valence-corrected chi connectivity index (χ0v) is 6.17. The van der Waals surface area contributed by atoms with Gasteiger partial charge in [-0.2, -0.15) is 0 Å². The van der Waals surface area contributed by atoms with Crippen LogP contribution in [0.2, 0.25) is 0 Å². The van der Waals surface area contributed by atoms with Crippen molar-refractivity contribution in [3.8, 4) is 0 Å². The van der Waals surface area contributed by atoms with Crippen LogP contribution in [0.5, 0.6) is 0 Å². The minimum Gasteiger partial charge on any atom is -0.469 e. The molecule has 0 fully saturated rings. The molecule has 2 N–H and O–H groups in total. The van der Waals surface area contributed by atoms with Gasteiger partial charge in [-0.1, -0.05) is 6.08 Å². The third-order valence-corrected chi connectivity index (χ3v) is 1.27. The van der Waals surface area contributed by atoms with Crippen molar-refractivity contribution in [2.24, 2.45) is 11.7 Å². The molecule has 3 nitrogen and oxygen atoms in total. The van der Waals surface area contributed by atoms with Crippen molar-refractivity contribution in [3.05, 3.63) is 12.7 Å². The molecule has 0 aliphatic heterocycles. The minimum atomic E-state index is -0.262. The highest BCUT2D eigenvalue weighted by atomic mass is 16.5. The second kappa shape index (κ2) is 4.99. The molecule has 0 aromatic rings. The van der Waals surface area contributed by atoms with Crippen LogP contribution in [0.15, 0.2) is 12.7 Å². The molecule has 0 bridgehead atoms. The van der Waals surface area contributed by atoms with Crippen LogP contribution in [0.4, 0.5) is 0 Å². The van der Waals surface area contributed by atoms with Crippen LogP contribution < -0.4 is 5.73 Å². The first-order chi connectivity index (χ1) is 4.76. The average Bonchev–Trinajstić information content (AvgIpc) is 1.99. The minimum absolute atomic E-state index is 0.220. The van der Waals surface area contributed by atoms with Gasteiger partial charge in [-0.15, -0.1) is 6.58 Å². The van der Waals surface area contributed by atoms with Crippen molar-refractivity contribution < 1.29 is 9.53 Å². The number of allylic oxidation sites excluding steroid dienone is 1. The molecule has 3 heteroatoms. The second-order valence-electron chi connectivity index (χ2n) is 1.98. The van der Waals surface area contributed by atoms with Gasteiger partial charge in [0.1, 0.15) is 0 Å². The summed E-state index contributed by atoms with van der Waals surface area (Å²) in [4.78, 5) is 10.8. The molecule has 0 heterocycles. The van der Waals surface area contributed by atoms with Crippen LogP contribution in [0.1, 0.15) is 6.42 Å². The maximum Gasteiger partial charge on any atom is 0.310 e. The lowest BCUT2D eigenvalue weighted by molar-refractivity contribution is -0.144. The zero-order valence-electron chi connectivity index (χ0n) is 6.17. The Kier molecular flexibility index (Phi) is 4.58. The lowest BCUT2D eigenvalue weighted by atomic mass is 10.1. The SMILES string of the molecule is C=CCC(CN)C(=O)OC. The molecule has 0 aliphatic rings. The molecular formula is C7H13NO2. The highest BCUT2D eigenvalue weighted by Crippen LogP contribution is 2.02. The normalized spacial score (nSPS) is 12.2. The molecule has 10 heavy (non-hydrogen) atoms. The average molecular weight is 143 g/mol. The van der Waals surface area contributed by atoms with Gasteiger partial charge in [0, 0.05) is 6.54 Å². The molecule has 58 valence electrons. The quantitative estimate of drug-likeness (QED) is 0.455. The fourth-order valence-corrected chi connectivity index (χ4v) is 0.657. The summed E-state index contributed by atoms with van der Waals surface area (Å²) >= 11 is 0. The Morgan fingerprint density at radius 1 is 1.90 bits per heavy atom. The van der Waals surface area contributed by atoms with E-state index in [-0.39, 0.29) is 11.9 Å². The first-order valence-corrected chi connectivity index (χ1v) is 3.15. The van der Waals surface area contributed by atoms with Gasteiger partial charge in [0.25, 0.3) is 0 Å². The van der Waals surface area contributed by atoms with Gasteiger partial charge in [-0.3, -0.25) is 4.79 Å². The summed E-state index contributed by atoms with van der Waals surface area (Å²) in [6.45, 7) is 3.82. The molecule has 0 radical (unpaired) electrons. The van der Waals surface area contributed by atoms with Gasteiger partial charge in [-0.25, -0.2) is 0 Å². The van der Waals surface area contributed by atoms with Gasteiger partial charge >= 0.3 is 5.97 Å². The Labute approximate surface area is 60.9 Å².